The van der Waals surface area contributed by atoms with E-state index < -0.39 is 0 Å². The van der Waals surface area contributed by atoms with E-state index in [4.69, 9.17) is 23.8 Å². The van der Waals surface area contributed by atoms with Crippen LogP contribution in [0.2, 0.25) is 5.02 Å². The number of benzene rings is 2. The zero-order valence-electron chi connectivity index (χ0n) is 10.2. The summed E-state index contributed by atoms with van der Waals surface area (Å²) in [6, 6.07) is 13.6. The molecule has 0 spiro atoms. The summed E-state index contributed by atoms with van der Waals surface area (Å²) in [5.41, 5.74) is 2.89. The molecule has 0 aliphatic rings. The molecule has 0 heterocycles. The second kappa shape index (κ2) is 6.37. The van der Waals surface area contributed by atoms with Gasteiger partial charge in [0.05, 0.1) is 10.7 Å². The lowest BCUT2D eigenvalue weighted by atomic mass is 10.2. The number of hydrogen-bond acceptors (Lipinski definition) is 1. The first-order valence-electron chi connectivity index (χ1n) is 5.65. The van der Waals surface area contributed by atoms with E-state index in [-0.39, 0.29) is 0 Å². The van der Waals surface area contributed by atoms with Crippen molar-refractivity contribution in [3.05, 3.63) is 57.5 Å². The molecule has 0 bridgehead atoms. The molecular formula is C14H12BrClN2S. The van der Waals surface area contributed by atoms with Crippen molar-refractivity contribution in [1.29, 1.82) is 0 Å². The number of aryl methyl sites for hydroxylation is 1. The molecule has 2 aromatic rings. The van der Waals surface area contributed by atoms with Crippen LogP contribution in [0.3, 0.4) is 0 Å². The van der Waals surface area contributed by atoms with Crippen LogP contribution in [0, 0.1) is 6.92 Å². The second-order valence-corrected chi connectivity index (χ2v) is 5.75. The fraction of sp³-hybridized carbons (Fsp3) is 0.0714. The van der Waals surface area contributed by atoms with Crippen LogP contribution < -0.4 is 10.6 Å². The van der Waals surface area contributed by atoms with Crippen molar-refractivity contribution in [2.24, 2.45) is 0 Å². The fourth-order valence-electron chi connectivity index (χ4n) is 1.58. The molecule has 2 N–H and O–H groups in total. The fourth-order valence-corrected chi connectivity index (χ4v) is 2.52. The highest BCUT2D eigenvalue weighted by molar-refractivity contribution is 9.10. The topological polar surface area (TPSA) is 24.1 Å². The minimum Gasteiger partial charge on any atom is -0.332 e. The number of hydrogen-bond donors (Lipinski definition) is 2. The van der Waals surface area contributed by atoms with Gasteiger partial charge in [-0.2, -0.15) is 0 Å². The lowest BCUT2D eigenvalue weighted by Crippen LogP contribution is -2.19. The van der Waals surface area contributed by atoms with Crippen LogP contribution in [-0.4, -0.2) is 5.11 Å². The molecule has 0 saturated carbocycles. The van der Waals surface area contributed by atoms with Gasteiger partial charge in [-0.15, -0.1) is 0 Å². The van der Waals surface area contributed by atoms with E-state index in [0.29, 0.717) is 10.1 Å². The molecule has 19 heavy (non-hydrogen) atoms. The maximum atomic E-state index is 6.13. The molecule has 0 aliphatic heterocycles. The van der Waals surface area contributed by atoms with Gasteiger partial charge < -0.3 is 10.6 Å². The van der Waals surface area contributed by atoms with Gasteiger partial charge in [0, 0.05) is 10.2 Å². The highest BCUT2D eigenvalue weighted by Crippen LogP contribution is 2.26. The summed E-state index contributed by atoms with van der Waals surface area (Å²) >= 11 is 14.8. The Morgan fingerprint density at radius 2 is 1.79 bits per heavy atom. The van der Waals surface area contributed by atoms with Crippen molar-refractivity contribution in [2.45, 2.75) is 6.92 Å². The summed E-state index contributed by atoms with van der Waals surface area (Å²) in [5, 5.41) is 7.36. The molecular weight excluding hydrogens is 344 g/mol. The maximum absolute atomic E-state index is 6.13. The van der Waals surface area contributed by atoms with Crippen LogP contribution in [0.5, 0.6) is 0 Å². The minimum absolute atomic E-state index is 0.513. The number of nitrogens with one attached hydrogen (secondary N) is 2. The monoisotopic (exact) mass is 354 g/mol. The van der Waals surface area contributed by atoms with Crippen molar-refractivity contribution in [3.63, 3.8) is 0 Å². The predicted molar refractivity (Wildman–Crippen MR) is 90.2 cm³/mol. The first-order chi connectivity index (χ1) is 9.06. The third-order valence-corrected chi connectivity index (χ3v) is 3.58. The summed E-state index contributed by atoms with van der Waals surface area (Å²) in [6.07, 6.45) is 0. The van der Waals surface area contributed by atoms with Gasteiger partial charge >= 0.3 is 0 Å². The van der Waals surface area contributed by atoms with Gasteiger partial charge in [-0.1, -0.05) is 45.7 Å². The largest absolute Gasteiger partial charge is 0.332 e. The highest BCUT2D eigenvalue weighted by Gasteiger charge is 2.04. The van der Waals surface area contributed by atoms with Crippen LogP contribution >= 0.6 is 39.7 Å². The van der Waals surface area contributed by atoms with Gasteiger partial charge in [0.15, 0.2) is 5.11 Å². The number of para-hydroxylation sites is 1. The van der Waals surface area contributed by atoms with Crippen molar-refractivity contribution < 1.29 is 0 Å². The van der Waals surface area contributed by atoms with E-state index in [1.807, 2.05) is 49.4 Å². The summed E-state index contributed by atoms with van der Waals surface area (Å²) in [7, 11) is 0. The van der Waals surface area contributed by atoms with E-state index in [1.165, 1.54) is 0 Å². The van der Waals surface area contributed by atoms with Crippen molar-refractivity contribution in [2.75, 3.05) is 10.6 Å². The van der Waals surface area contributed by atoms with Crippen LogP contribution in [0.25, 0.3) is 0 Å². The van der Waals surface area contributed by atoms with Gasteiger partial charge in [-0.25, -0.2) is 0 Å². The number of halogens is 2. The van der Waals surface area contributed by atoms with Crippen molar-refractivity contribution >= 4 is 56.2 Å². The zero-order valence-corrected chi connectivity index (χ0v) is 13.4. The third kappa shape index (κ3) is 3.93. The molecule has 0 radical (unpaired) electrons. The zero-order chi connectivity index (χ0) is 13.8. The first-order valence-corrected chi connectivity index (χ1v) is 7.23. The van der Waals surface area contributed by atoms with Gasteiger partial charge in [-0.3, -0.25) is 0 Å². The van der Waals surface area contributed by atoms with Crippen LogP contribution in [0.4, 0.5) is 11.4 Å². The van der Waals surface area contributed by atoms with Gasteiger partial charge in [0.25, 0.3) is 0 Å². The summed E-state index contributed by atoms with van der Waals surface area (Å²) < 4.78 is 0.931. The van der Waals surface area contributed by atoms with E-state index in [9.17, 15) is 0 Å². The van der Waals surface area contributed by atoms with E-state index in [2.05, 4.69) is 26.6 Å². The Labute approximate surface area is 131 Å². The Kier molecular flexibility index (Phi) is 4.80. The molecule has 2 nitrogen and oxygen atoms in total. The Morgan fingerprint density at radius 3 is 2.47 bits per heavy atom. The molecule has 98 valence electrons. The molecule has 2 rings (SSSR count). The molecule has 0 aliphatic carbocycles. The van der Waals surface area contributed by atoms with Gasteiger partial charge in [-0.05, 0) is 49.0 Å². The normalized spacial score (nSPS) is 10.1. The number of thiocarbonyl (C=S) groups is 1. The lowest BCUT2D eigenvalue weighted by Gasteiger charge is -2.13. The van der Waals surface area contributed by atoms with Crippen molar-refractivity contribution in [1.82, 2.24) is 0 Å². The van der Waals surface area contributed by atoms with Crippen LogP contribution in [-0.2, 0) is 0 Å². The van der Waals surface area contributed by atoms with E-state index >= 15 is 0 Å². The molecule has 0 amide bonds. The first kappa shape index (κ1) is 14.3. The molecule has 0 atom stereocenters. The highest BCUT2D eigenvalue weighted by atomic mass is 79.9. The average Bonchev–Trinajstić information content (AvgIpc) is 2.36. The molecule has 0 fully saturated rings. The van der Waals surface area contributed by atoms with Crippen molar-refractivity contribution in [3.8, 4) is 0 Å². The molecule has 0 saturated heterocycles. The Bertz CT molecular complexity index is 616. The number of anilines is 2. The van der Waals surface area contributed by atoms with E-state index in [1.54, 1.807) is 0 Å². The maximum Gasteiger partial charge on any atom is 0.175 e. The second-order valence-electron chi connectivity index (χ2n) is 4.02. The quantitative estimate of drug-likeness (QED) is 0.722. The summed E-state index contributed by atoms with van der Waals surface area (Å²) in [5.74, 6) is 0. The summed E-state index contributed by atoms with van der Waals surface area (Å²) in [6.45, 7) is 2.03. The molecule has 5 heteroatoms. The summed E-state index contributed by atoms with van der Waals surface area (Å²) in [4.78, 5) is 0. The SMILES string of the molecule is Cc1ccccc1NC(=S)Nc1ccc(Br)cc1Cl. The Morgan fingerprint density at radius 1 is 1.11 bits per heavy atom. The third-order valence-electron chi connectivity index (χ3n) is 2.57. The Balaban J connectivity index is 2.08. The van der Waals surface area contributed by atoms with Crippen LogP contribution in [0.1, 0.15) is 5.56 Å². The smallest absolute Gasteiger partial charge is 0.175 e. The van der Waals surface area contributed by atoms with Gasteiger partial charge in [0.2, 0.25) is 0 Å². The predicted octanol–water partition coefficient (Wildman–Crippen LogP) is 5.22. The molecule has 0 aromatic heterocycles. The molecule has 2 aromatic carbocycles. The minimum atomic E-state index is 0.513. The van der Waals surface area contributed by atoms with Gasteiger partial charge in [0.1, 0.15) is 0 Å². The standard InChI is InChI=1S/C14H12BrClN2S/c1-9-4-2-3-5-12(9)17-14(19)18-13-7-6-10(15)8-11(13)16/h2-8H,1H3,(H2,17,18,19). The Hall–Kier alpha value is -1.10. The number of rotatable bonds is 2. The van der Waals surface area contributed by atoms with Crippen LogP contribution in [0.15, 0.2) is 46.9 Å². The lowest BCUT2D eigenvalue weighted by molar-refractivity contribution is 1.45. The molecule has 0 unspecified atom stereocenters. The average molecular weight is 356 g/mol. The van der Waals surface area contributed by atoms with E-state index in [0.717, 1.165) is 21.4 Å².